The van der Waals surface area contributed by atoms with Gasteiger partial charge in [0, 0.05) is 0 Å². The molecule has 0 N–H and O–H groups in total. The van der Waals surface area contributed by atoms with Crippen molar-refractivity contribution in [3.63, 3.8) is 0 Å². The summed E-state index contributed by atoms with van der Waals surface area (Å²) in [7, 11) is -3.40. The molecule has 0 rings (SSSR count). The van der Waals surface area contributed by atoms with E-state index in [0.29, 0.717) is 13.2 Å². The minimum atomic E-state index is -3.40. The predicted octanol–water partition coefficient (Wildman–Crippen LogP) is 5.49. The Labute approximate surface area is 124 Å². The van der Waals surface area contributed by atoms with Gasteiger partial charge in [0.1, 0.15) is 0 Å². The predicted molar refractivity (Wildman–Crippen MR) is 83.9 cm³/mol. The molecule has 0 radical (unpaired) electrons. The molecule has 0 unspecified atom stereocenters. The fraction of sp³-hybridized carbons (Fsp3) is 0.867. The summed E-state index contributed by atoms with van der Waals surface area (Å²) in [4.78, 5) is 0. The van der Waals surface area contributed by atoms with Crippen LogP contribution in [0.1, 0.15) is 65.2 Å². The van der Waals surface area contributed by atoms with E-state index in [-0.39, 0.29) is 6.61 Å². The maximum absolute atomic E-state index is 12.3. The smallest absolute Gasteiger partial charge is 0.287 e. The molecule has 0 aromatic carbocycles. The first kappa shape index (κ1) is 19.9. The van der Waals surface area contributed by atoms with E-state index in [4.69, 9.17) is 13.6 Å². The Kier molecular flexibility index (Phi) is 13.7. The molecule has 0 atom stereocenters. The van der Waals surface area contributed by atoms with Crippen LogP contribution in [0.5, 0.6) is 0 Å². The summed E-state index contributed by atoms with van der Waals surface area (Å²) in [5, 5.41) is 0. The summed E-state index contributed by atoms with van der Waals surface area (Å²) in [6.45, 7) is 8.87. The molecule has 0 aromatic rings. The number of unbranched alkanes of at least 4 members (excludes halogenated alkanes) is 6. The van der Waals surface area contributed by atoms with Crippen LogP contribution in [0.4, 0.5) is 0 Å². The van der Waals surface area contributed by atoms with Gasteiger partial charge in [-0.2, -0.15) is 0 Å². The topological polar surface area (TPSA) is 44.8 Å². The van der Waals surface area contributed by atoms with Crippen LogP contribution in [0.15, 0.2) is 12.7 Å². The zero-order chi connectivity index (χ0) is 15.1. The Bertz CT molecular complexity index is 251. The number of phosphoric ester groups is 1. The van der Waals surface area contributed by atoms with Gasteiger partial charge in [-0.25, -0.2) is 4.57 Å². The number of hydrogen-bond acceptors (Lipinski definition) is 4. The number of hydrogen-bond donors (Lipinski definition) is 0. The van der Waals surface area contributed by atoms with Gasteiger partial charge >= 0.3 is 7.82 Å². The third-order valence-electron chi connectivity index (χ3n) is 2.85. The van der Waals surface area contributed by atoms with Gasteiger partial charge in [-0.15, -0.1) is 6.58 Å². The summed E-state index contributed by atoms with van der Waals surface area (Å²) in [5.74, 6) is 0. The highest BCUT2D eigenvalue weighted by Crippen LogP contribution is 2.49. The molecule has 0 fully saturated rings. The van der Waals surface area contributed by atoms with Crippen LogP contribution in [0.25, 0.3) is 0 Å². The summed E-state index contributed by atoms with van der Waals surface area (Å²) >= 11 is 0. The Hall–Kier alpha value is -0.150. The van der Waals surface area contributed by atoms with Crippen molar-refractivity contribution in [2.24, 2.45) is 0 Å². The zero-order valence-electron chi connectivity index (χ0n) is 13.1. The molecule has 0 aliphatic heterocycles. The molecular weight excluding hydrogens is 275 g/mol. The molecule has 0 spiro atoms. The van der Waals surface area contributed by atoms with Crippen LogP contribution in [0.2, 0.25) is 0 Å². The number of phosphoric acid groups is 1. The van der Waals surface area contributed by atoms with Gasteiger partial charge in [-0.3, -0.25) is 13.6 Å². The van der Waals surface area contributed by atoms with Crippen molar-refractivity contribution in [1.29, 1.82) is 0 Å². The normalized spacial score (nSPS) is 11.7. The van der Waals surface area contributed by atoms with Gasteiger partial charge < -0.3 is 0 Å². The lowest BCUT2D eigenvalue weighted by molar-refractivity contribution is 0.118. The summed E-state index contributed by atoms with van der Waals surface area (Å²) < 4.78 is 28.2. The first-order valence-electron chi connectivity index (χ1n) is 7.83. The lowest BCUT2D eigenvalue weighted by Gasteiger charge is -2.17. The minimum Gasteiger partial charge on any atom is -0.287 e. The zero-order valence-corrected chi connectivity index (χ0v) is 14.0. The van der Waals surface area contributed by atoms with Gasteiger partial charge in [0.05, 0.1) is 19.8 Å². The monoisotopic (exact) mass is 306 g/mol. The Morgan fingerprint density at radius 1 is 0.850 bits per heavy atom. The molecule has 4 nitrogen and oxygen atoms in total. The Morgan fingerprint density at radius 3 is 1.75 bits per heavy atom. The highest BCUT2D eigenvalue weighted by molar-refractivity contribution is 7.48. The fourth-order valence-corrected chi connectivity index (χ4v) is 2.88. The molecule has 120 valence electrons. The second kappa shape index (κ2) is 13.8. The van der Waals surface area contributed by atoms with Crippen LogP contribution in [-0.2, 0) is 18.1 Å². The first-order chi connectivity index (χ1) is 9.68. The molecule has 5 heteroatoms. The van der Waals surface area contributed by atoms with E-state index < -0.39 is 7.82 Å². The molecule has 0 aliphatic rings. The highest BCUT2D eigenvalue weighted by atomic mass is 31.2. The second-order valence-electron chi connectivity index (χ2n) is 4.82. The molecule has 0 amide bonds. The van der Waals surface area contributed by atoms with Gasteiger partial charge in [0.2, 0.25) is 0 Å². The Balaban J connectivity index is 3.94. The minimum absolute atomic E-state index is 0.182. The molecule has 0 saturated carbocycles. The van der Waals surface area contributed by atoms with Crippen molar-refractivity contribution in [3.8, 4) is 0 Å². The largest absolute Gasteiger partial charge is 0.475 e. The van der Waals surface area contributed by atoms with Crippen molar-refractivity contribution in [3.05, 3.63) is 12.7 Å². The fourth-order valence-electron chi connectivity index (χ4n) is 1.67. The average Bonchev–Trinajstić information content (AvgIpc) is 2.45. The van der Waals surface area contributed by atoms with Crippen LogP contribution < -0.4 is 0 Å². The quantitative estimate of drug-likeness (QED) is 0.228. The van der Waals surface area contributed by atoms with E-state index in [2.05, 4.69) is 20.4 Å². The van der Waals surface area contributed by atoms with Crippen LogP contribution >= 0.6 is 7.82 Å². The highest BCUT2D eigenvalue weighted by Gasteiger charge is 2.25. The van der Waals surface area contributed by atoms with Crippen molar-refractivity contribution >= 4 is 7.82 Å². The van der Waals surface area contributed by atoms with Crippen molar-refractivity contribution in [2.45, 2.75) is 65.2 Å². The lowest BCUT2D eigenvalue weighted by atomic mass is 10.2. The maximum Gasteiger partial charge on any atom is 0.475 e. The molecule has 0 saturated heterocycles. The standard InChI is InChI=1S/C15H31O4P/c1-4-7-9-11-14-18-20(16,17-13-6-3)19-15-12-10-8-5-2/h6H,3-5,7-15H2,1-2H3. The second-order valence-corrected chi connectivity index (χ2v) is 6.49. The summed E-state index contributed by atoms with van der Waals surface area (Å²) in [6.07, 6.45) is 10.1. The molecule has 0 heterocycles. The van der Waals surface area contributed by atoms with E-state index in [1.54, 1.807) is 6.08 Å². The van der Waals surface area contributed by atoms with Crippen LogP contribution in [0.3, 0.4) is 0 Å². The molecule has 0 aromatic heterocycles. The average molecular weight is 306 g/mol. The molecule has 0 bridgehead atoms. The van der Waals surface area contributed by atoms with Gasteiger partial charge in [0.25, 0.3) is 0 Å². The summed E-state index contributed by atoms with van der Waals surface area (Å²) in [6, 6.07) is 0. The van der Waals surface area contributed by atoms with E-state index in [1.807, 2.05) is 0 Å². The molecule has 0 aliphatic carbocycles. The van der Waals surface area contributed by atoms with Crippen LogP contribution in [-0.4, -0.2) is 19.8 Å². The first-order valence-corrected chi connectivity index (χ1v) is 9.29. The van der Waals surface area contributed by atoms with Gasteiger partial charge in [0.15, 0.2) is 0 Å². The van der Waals surface area contributed by atoms with Gasteiger partial charge in [-0.1, -0.05) is 58.4 Å². The lowest BCUT2D eigenvalue weighted by Crippen LogP contribution is -2.03. The van der Waals surface area contributed by atoms with Crippen molar-refractivity contribution in [2.75, 3.05) is 19.8 Å². The molecular formula is C15H31O4P. The third kappa shape index (κ3) is 11.7. The van der Waals surface area contributed by atoms with Crippen LogP contribution in [0, 0.1) is 0 Å². The van der Waals surface area contributed by atoms with Crippen molar-refractivity contribution < 1.29 is 18.1 Å². The van der Waals surface area contributed by atoms with E-state index >= 15 is 0 Å². The van der Waals surface area contributed by atoms with Gasteiger partial charge in [-0.05, 0) is 12.8 Å². The van der Waals surface area contributed by atoms with E-state index in [1.165, 1.54) is 25.7 Å². The molecule has 20 heavy (non-hydrogen) atoms. The van der Waals surface area contributed by atoms with Crippen molar-refractivity contribution in [1.82, 2.24) is 0 Å². The SMILES string of the molecule is C=CCOP(=O)(OCCCCCC)OCCCCCC. The maximum atomic E-state index is 12.3. The van der Waals surface area contributed by atoms with E-state index in [0.717, 1.165) is 25.7 Å². The third-order valence-corrected chi connectivity index (χ3v) is 4.31. The van der Waals surface area contributed by atoms with E-state index in [9.17, 15) is 4.57 Å². The Morgan fingerprint density at radius 2 is 1.35 bits per heavy atom. The number of rotatable bonds is 15. The summed E-state index contributed by atoms with van der Waals surface area (Å²) in [5.41, 5.74) is 0.